The average molecular weight is 269 g/mol. The number of nitrogens with zero attached hydrogens (tertiary/aromatic N) is 2. The molecule has 1 saturated heterocycles. The van der Waals surface area contributed by atoms with Gasteiger partial charge < -0.3 is 0 Å². The number of pyridine rings is 1. The molecular formula is C17H23N3. The van der Waals surface area contributed by atoms with Crippen molar-refractivity contribution in [2.75, 3.05) is 0 Å². The molecular weight excluding hydrogens is 246 g/mol. The van der Waals surface area contributed by atoms with E-state index in [1.54, 1.807) is 0 Å². The van der Waals surface area contributed by atoms with E-state index in [9.17, 15) is 0 Å². The van der Waals surface area contributed by atoms with Gasteiger partial charge in [-0.05, 0) is 49.8 Å². The first-order valence-electron chi connectivity index (χ1n) is 7.58. The highest BCUT2D eigenvalue weighted by atomic mass is 15.5. The number of fused-ring (bicyclic) bond motifs is 1. The second kappa shape index (κ2) is 5.90. The standard InChI is InChI=1S/C17H23N3/c1-13-4-3-5-14(2)20(13)19-11-15-6-7-17-12-18-9-8-16(17)10-15/h6-10,12-14,19H,3-5,11H2,1-2H3. The molecule has 2 aromatic rings. The molecule has 1 fully saturated rings. The van der Waals surface area contributed by atoms with Crippen LogP contribution in [0.5, 0.6) is 0 Å². The fourth-order valence-corrected chi connectivity index (χ4v) is 3.16. The zero-order valence-electron chi connectivity index (χ0n) is 12.3. The van der Waals surface area contributed by atoms with Gasteiger partial charge >= 0.3 is 0 Å². The van der Waals surface area contributed by atoms with Gasteiger partial charge in [-0.1, -0.05) is 18.6 Å². The Hall–Kier alpha value is -1.45. The Morgan fingerprint density at radius 2 is 1.95 bits per heavy atom. The van der Waals surface area contributed by atoms with Crippen LogP contribution in [0.2, 0.25) is 0 Å². The maximum absolute atomic E-state index is 4.16. The molecule has 1 aliphatic rings. The Kier molecular flexibility index (Phi) is 3.99. The molecule has 3 rings (SSSR count). The van der Waals surface area contributed by atoms with Crippen LogP contribution in [-0.4, -0.2) is 22.1 Å². The van der Waals surface area contributed by atoms with Crippen LogP contribution >= 0.6 is 0 Å². The van der Waals surface area contributed by atoms with E-state index in [1.807, 2.05) is 12.4 Å². The van der Waals surface area contributed by atoms with E-state index in [1.165, 1.54) is 35.6 Å². The minimum Gasteiger partial charge on any atom is -0.264 e. The van der Waals surface area contributed by atoms with Crippen molar-refractivity contribution in [3.63, 3.8) is 0 Å². The van der Waals surface area contributed by atoms with Crippen LogP contribution in [-0.2, 0) is 6.54 Å². The monoisotopic (exact) mass is 269 g/mol. The summed E-state index contributed by atoms with van der Waals surface area (Å²) in [6.07, 6.45) is 7.71. The van der Waals surface area contributed by atoms with E-state index < -0.39 is 0 Å². The van der Waals surface area contributed by atoms with Gasteiger partial charge in [0.05, 0.1) is 0 Å². The van der Waals surface area contributed by atoms with Crippen LogP contribution in [0.3, 0.4) is 0 Å². The Bertz CT molecular complexity index is 571. The fourth-order valence-electron chi connectivity index (χ4n) is 3.16. The van der Waals surface area contributed by atoms with Gasteiger partial charge in [0.2, 0.25) is 0 Å². The smallest absolute Gasteiger partial charge is 0.0353 e. The summed E-state index contributed by atoms with van der Waals surface area (Å²) in [5.41, 5.74) is 4.95. The molecule has 1 aliphatic heterocycles. The Labute approximate surface area is 121 Å². The van der Waals surface area contributed by atoms with Crippen LogP contribution in [0.15, 0.2) is 36.7 Å². The number of hydrogen-bond donors (Lipinski definition) is 1. The molecule has 3 nitrogen and oxygen atoms in total. The van der Waals surface area contributed by atoms with E-state index in [4.69, 9.17) is 0 Å². The predicted molar refractivity (Wildman–Crippen MR) is 83.2 cm³/mol. The molecule has 0 saturated carbocycles. The molecule has 1 aromatic heterocycles. The third kappa shape index (κ3) is 2.84. The molecule has 20 heavy (non-hydrogen) atoms. The summed E-state index contributed by atoms with van der Waals surface area (Å²) in [6.45, 7) is 5.52. The molecule has 2 heterocycles. The molecule has 106 valence electrons. The highest BCUT2D eigenvalue weighted by Crippen LogP contribution is 2.21. The first-order valence-corrected chi connectivity index (χ1v) is 7.58. The highest BCUT2D eigenvalue weighted by Gasteiger charge is 2.23. The number of aromatic nitrogens is 1. The molecule has 0 spiro atoms. The van der Waals surface area contributed by atoms with E-state index in [0.717, 1.165) is 6.54 Å². The van der Waals surface area contributed by atoms with Crippen LogP contribution < -0.4 is 5.43 Å². The van der Waals surface area contributed by atoms with Gasteiger partial charge in [-0.2, -0.15) is 0 Å². The molecule has 1 aromatic carbocycles. The number of rotatable bonds is 3. The van der Waals surface area contributed by atoms with Gasteiger partial charge in [-0.25, -0.2) is 5.01 Å². The van der Waals surface area contributed by atoms with Crippen LogP contribution in [0, 0.1) is 0 Å². The van der Waals surface area contributed by atoms with Crippen molar-refractivity contribution < 1.29 is 0 Å². The van der Waals surface area contributed by atoms with E-state index in [0.29, 0.717) is 12.1 Å². The van der Waals surface area contributed by atoms with Gasteiger partial charge in [0.15, 0.2) is 0 Å². The summed E-state index contributed by atoms with van der Waals surface area (Å²) in [7, 11) is 0. The lowest BCUT2D eigenvalue weighted by Crippen LogP contribution is -2.51. The average Bonchev–Trinajstić information content (AvgIpc) is 2.46. The summed E-state index contributed by atoms with van der Waals surface area (Å²) >= 11 is 0. The van der Waals surface area contributed by atoms with Gasteiger partial charge in [0.25, 0.3) is 0 Å². The molecule has 0 radical (unpaired) electrons. The Balaban J connectivity index is 1.70. The van der Waals surface area contributed by atoms with E-state index in [2.05, 4.69) is 53.5 Å². The first kappa shape index (κ1) is 13.5. The van der Waals surface area contributed by atoms with Crippen molar-refractivity contribution in [2.24, 2.45) is 0 Å². The molecule has 0 amide bonds. The maximum Gasteiger partial charge on any atom is 0.0353 e. The molecule has 2 atom stereocenters. The van der Waals surface area contributed by atoms with Crippen molar-refractivity contribution in [3.8, 4) is 0 Å². The Morgan fingerprint density at radius 1 is 1.15 bits per heavy atom. The van der Waals surface area contributed by atoms with Crippen molar-refractivity contribution in [2.45, 2.75) is 51.7 Å². The van der Waals surface area contributed by atoms with Gasteiger partial charge in [0.1, 0.15) is 0 Å². The van der Waals surface area contributed by atoms with Crippen LogP contribution in [0.25, 0.3) is 10.8 Å². The molecule has 0 aliphatic carbocycles. The summed E-state index contributed by atoms with van der Waals surface area (Å²) < 4.78 is 0. The summed E-state index contributed by atoms with van der Waals surface area (Å²) in [4.78, 5) is 4.16. The van der Waals surface area contributed by atoms with Gasteiger partial charge in [-0.3, -0.25) is 10.4 Å². The van der Waals surface area contributed by atoms with Gasteiger partial charge in [0, 0.05) is 36.4 Å². The van der Waals surface area contributed by atoms with E-state index in [-0.39, 0.29) is 0 Å². The zero-order valence-corrected chi connectivity index (χ0v) is 12.3. The number of piperidine rings is 1. The van der Waals surface area contributed by atoms with Crippen molar-refractivity contribution >= 4 is 10.8 Å². The third-order valence-corrected chi connectivity index (χ3v) is 4.36. The lowest BCUT2D eigenvalue weighted by atomic mass is 10.00. The minimum atomic E-state index is 0.628. The SMILES string of the molecule is CC1CCCC(C)N1NCc1ccc2cnccc2c1. The molecule has 0 bridgehead atoms. The maximum atomic E-state index is 4.16. The van der Waals surface area contributed by atoms with Crippen molar-refractivity contribution in [1.29, 1.82) is 0 Å². The molecule has 1 N–H and O–H groups in total. The molecule has 3 heteroatoms. The normalized spacial score (nSPS) is 24.1. The first-order chi connectivity index (χ1) is 9.74. The largest absolute Gasteiger partial charge is 0.264 e. The summed E-state index contributed by atoms with van der Waals surface area (Å²) in [5.74, 6) is 0. The number of hydrogen-bond acceptors (Lipinski definition) is 3. The van der Waals surface area contributed by atoms with Crippen LogP contribution in [0.4, 0.5) is 0 Å². The number of hydrazine groups is 1. The minimum absolute atomic E-state index is 0.628. The lowest BCUT2D eigenvalue weighted by molar-refractivity contribution is 0.0436. The summed E-state index contributed by atoms with van der Waals surface area (Å²) in [6, 6.07) is 9.93. The highest BCUT2D eigenvalue weighted by molar-refractivity contribution is 5.81. The third-order valence-electron chi connectivity index (χ3n) is 4.36. The quantitative estimate of drug-likeness (QED) is 0.924. The second-order valence-corrected chi connectivity index (χ2v) is 5.93. The fraction of sp³-hybridized carbons (Fsp3) is 0.471. The Morgan fingerprint density at radius 3 is 2.75 bits per heavy atom. The zero-order chi connectivity index (χ0) is 13.9. The van der Waals surface area contributed by atoms with E-state index >= 15 is 0 Å². The van der Waals surface area contributed by atoms with Crippen LogP contribution in [0.1, 0.15) is 38.7 Å². The van der Waals surface area contributed by atoms with Crippen molar-refractivity contribution in [1.82, 2.24) is 15.4 Å². The lowest BCUT2D eigenvalue weighted by Gasteiger charge is -2.39. The number of benzene rings is 1. The topological polar surface area (TPSA) is 28.2 Å². The summed E-state index contributed by atoms with van der Waals surface area (Å²) in [5, 5.41) is 4.90. The predicted octanol–water partition coefficient (Wildman–Crippen LogP) is 3.50. The second-order valence-electron chi connectivity index (χ2n) is 5.93. The number of nitrogens with one attached hydrogen (secondary N) is 1. The van der Waals surface area contributed by atoms with Gasteiger partial charge in [-0.15, -0.1) is 0 Å². The molecule has 2 unspecified atom stereocenters. The van der Waals surface area contributed by atoms with Crippen molar-refractivity contribution in [3.05, 3.63) is 42.2 Å².